The highest BCUT2D eigenvalue weighted by atomic mass is 16.4. The largest absolute Gasteiger partial charge is 0.478 e. The molecule has 0 aliphatic heterocycles. The zero-order valence-electron chi connectivity index (χ0n) is 10.4. The molecule has 0 aromatic carbocycles. The molecule has 1 aromatic rings. The summed E-state index contributed by atoms with van der Waals surface area (Å²) in [4.78, 5) is 15.3. The highest BCUT2D eigenvalue weighted by Gasteiger charge is 2.45. The summed E-state index contributed by atoms with van der Waals surface area (Å²) in [5, 5.41) is 12.2. The summed E-state index contributed by atoms with van der Waals surface area (Å²) in [6.07, 6.45) is 1.19. The van der Waals surface area contributed by atoms with Gasteiger partial charge in [0.25, 0.3) is 0 Å². The Balaban J connectivity index is 2.09. The van der Waals surface area contributed by atoms with E-state index in [4.69, 9.17) is 5.11 Å². The molecule has 1 atom stereocenters. The van der Waals surface area contributed by atoms with Crippen molar-refractivity contribution in [2.75, 3.05) is 11.9 Å². The van der Waals surface area contributed by atoms with Gasteiger partial charge in [0.05, 0.1) is 0 Å². The van der Waals surface area contributed by atoms with Gasteiger partial charge in [0.2, 0.25) is 0 Å². The number of nitrogens with one attached hydrogen (secondary N) is 1. The quantitative estimate of drug-likeness (QED) is 0.840. The van der Waals surface area contributed by atoms with Crippen LogP contribution < -0.4 is 5.32 Å². The van der Waals surface area contributed by atoms with Gasteiger partial charge in [-0.1, -0.05) is 13.8 Å². The molecule has 1 aromatic heterocycles. The number of aromatic carboxylic acids is 1. The Bertz CT molecular complexity index is 455. The average molecular weight is 234 g/mol. The van der Waals surface area contributed by atoms with Crippen molar-refractivity contribution in [1.82, 2.24) is 4.98 Å². The van der Waals surface area contributed by atoms with Crippen molar-refractivity contribution >= 4 is 11.8 Å². The fourth-order valence-electron chi connectivity index (χ4n) is 2.01. The predicted octanol–water partition coefficient (Wildman–Crippen LogP) is 2.55. The lowest BCUT2D eigenvalue weighted by molar-refractivity contribution is 0.0697. The minimum Gasteiger partial charge on any atom is -0.478 e. The molecule has 2 rings (SSSR count). The van der Waals surface area contributed by atoms with Gasteiger partial charge in [-0.3, -0.25) is 0 Å². The van der Waals surface area contributed by atoms with Crippen LogP contribution in [0.3, 0.4) is 0 Å². The first-order valence-corrected chi connectivity index (χ1v) is 5.85. The van der Waals surface area contributed by atoms with Crippen molar-refractivity contribution in [2.45, 2.75) is 27.2 Å². The number of pyridine rings is 1. The van der Waals surface area contributed by atoms with E-state index in [1.54, 1.807) is 12.1 Å². The monoisotopic (exact) mass is 234 g/mol. The first-order valence-electron chi connectivity index (χ1n) is 5.85. The Morgan fingerprint density at radius 3 is 2.76 bits per heavy atom. The molecule has 0 saturated heterocycles. The van der Waals surface area contributed by atoms with Gasteiger partial charge in [-0.25, -0.2) is 9.78 Å². The summed E-state index contributed by atoms with van der Waals surface area (Å²) < 4.78 is 0. The third-order valence-corrected chi connectivity index (χ3v) is 3.50. The molecule has 1 saturated carbocycles. The molecule has 4 heteroatoms. The Hall–Kier alpha value is -1.58. The van der Waals surface area contributed by atoms with Crippen molar-refractivity contribution < 1.29 is 9.90 Å². The molecule has 2 N–H and O–H groups in total. The number of anilines is 1. The first-order chi connectivity index (χ1) is 7.90. The van der Waals surface area contributed by atoms with Gasteiger partial charge < -0.3 is 10.4 Å². The minimum absolute atomic E-state index is 0.244. The average Bonchev–Trinajstić information content (AvgIpc) is 2.83. The van der Waals surface area contributed by atoms with Crippen molar-refractivity contribution in [3.05, 3.63) is 23.4 Å². The van der Waals surface area contributed by atoms with Gasteiger partial charge in [-0.2, -0.15) is 0 Å². The van der Waals surface area contributed by atoms with E-state index >= 15 is 0 Å². The maximum Gasteiger partial charge on any atom is 0.339 e. The van der Waals surface area contributed by atoms with Crippen LogP contribution in [-0.4, -0.2) is 22.6 Å². The zero-order chi connectivity index (χ0) is 12.6. The van der Waals surface area contributed by atoms with Gasteiger partial charge in [0.15, 0.2) is 0 Å². The van der Waals surface area contributed by atoms with Crippen LogP contribution >= 0.6 is 0 Å². The third kappa shape index (κ3) is 2.57. The number of carboxylic acids is 1. The topological polar surface area (TPSA) is 62.2 Å². The summed E-state index contributed by atoms with van der Waals surface area (Å²) in [6, 6.07) is 3.32. The van der Waals surface area contributed by atoms with Crippen LogP contribution in [0.25, 0.3) is 0 Å². The number of aromatic nitrogens is 1. The van der Waals surface area contributed by atoms with Gasteiger partial charge in [0.1, 0.15) is 11.4 Å². The molecule has 1 aliphatic rings. The molecule has 1 aliphatic carbocycles. The van der Waals surface area contributed by atoms with Crippen LogP contribution in [0.2, 0.25) is 0 Å². The molecule has 1 heterocycles. The maximum absolute atomic E-state index is 11.0. The van der Waals surface area contributed by atoms with Crippen LogP contribution in [0.15, 0.2) is 12.1 Å². The van der Waals surface area contributed by atoms with Gasteiger partial charge in [-0.05, 0) is 36.8 Å². The van der Waals surface area contributed by atoms with E-state index in [-0.39, 0.29) is 5.56 Å². The third-order valence-electron chi connectivity index (χ3n) is 3.50. The minimum atomic E-state index is -0.935. The van der Waals surface area contributed by atoms with Crippen molar-refractivity contribution in [3.8, 4) is 0 Å². The number of nitrogens with zero attached hydrogens (tertiary/aromatic N) is 1. The van der Waals surface area contributed by atoms with E-state index in [1.807, 2.05) is 6.92 Å². The van der Waals surface area contributed by atoms with Crippen LogP contribution in [-0.2, 0) is 0 Å². The van der Waals surface area contributed by atoms with E-state index in [9.17, 15) is 4.79 Å². The lowest BCUT2D eigenvalue weighted by atomic mass is 10.1. The standard InChI is InChI=1S/C13H18N2O2/c1-8-4-5-10(12(16)17)11(15-8)14-7-9-6-13(9,2)3/h4-5,9H,6-7H2,1-3H3,(H,14,15)(H,16,17). The molecular formula is C13H18N2O2. The fourth-order valence-corrected chi connectivity index (χ4v) is 2.01. The maximum atomic E-state index is 11.0. The lowest BCUT2D eigenvalue weighted by Gasteiger charge is -2.10. The van der Waals surface area contributed by atoms with Crippen LogP contribution in [0.5, 0.6) is 0 Å². The second-order valence-corrected chi connectivity index (χ2v) is 5.42. The molecule has 92 valence electrons. The number of aryl methyl sites for hydroxylation is 1. The lowest BCUT2D eigenvalue weighted by Crippen LogP contribution is -2.13. The van der Waals surface area contributed by atoms with Crippen LogP contribution in [0, 0.1) is 18.3 Å². The Morgan fingerprint density at radius 2 is 2.24 bits per heavy atom. The molecule has 17 heavy (non-hydrogen) atoms. The predicted molar refractivity (Wildman–Crippen MR) is 66.3 cm³/mol. The van der Waals surface area contributed by atoms with E-state index in [2.05, 4.69) is 24.1 Å². The number of carboxylic acid groups (broad SMARTS) is 1. The molecule has 1 unspecified atom stereocenters. The number of hydrogen-bond donors (Lipinski definition) is 2. The van der Waals surface area contributed by atoms with Gasteiger partial charge >= 0.3 is 5.97 Å². The van der Waals surface area contributed by atoms with E-state index in [0.717, 1.165) is 12.2 Å². The smallest absolute Gasteiger partial charge is 0.339 e. The highest BCUT2D eigenvalue weighted by molar-refractivity contribution is 5.93. The van der Waals surface area contributed by atoms with E-state index < -0.39 is 5.97 Å². The molecule has 1 fully saturated rings. The number of rotatable bonds is 4. The summed E-state index contributed by atoms with van der Waals surface area (Å²) in [6.45, 7) is 7.10. The second-order valence-electron chi connectivity index (χ2n) is 5.42. The molecule has 4 nitrogen and oxygen atoms in total. The number of carbonyl (C=O) groups is 1. The molecule has 0 spiro atoms. The Morgan fingerprint density at radius 1 is 1.59 bits per heavy atom. The van der Waals surface area contributed by atoms with Crippen molar-refractivity contribution in [1.29, 1.82) is 0 Å². The first kappa shape index (κ1) is 11.9. The fraction of sp³-hybridized carbons (Fsp3) is 0.538. The zero-order valence-corrected chi connectivity index (χ0v) is 10.4. The summed E-state index contributed by atoms with van der Waals surface area (Å²) in [7, 11) is 0. The molecule has 0 amide bonds. The SMILES string of the molecule is Cc1ccc(C(=O)O)c(NCC2CC2(C)C)n1. The van der Waals surface area contributed by atoms with Crippen LogP contribution in [0.1, 0.15) is 36.3 Å². The Labute approximate surface area is 101 Å². The number of hydrogen-bond acceptors (Lipinski definition) is 3. The highest BCUT2D eigenvalue weighted by Crippen LogP contribution is 2.51. The molecule has 0 bridgehead atoms. The Kier molecular flexibility index (Phi) is 2.81. The van der Waals surface area contributed by atoms with E-state index in [1.165, 1.54) is 6.42 Å². The van der Waals surface area contributed by atoms with E-state index in [0.29, 0.717) is 17.2 Å². The van der Waals surface area contributed by atoms with Gasteiger partial charge in [0, 0.05) is 12.2 Å². The summed E-state index contributed by atoms with van der Waals surface area (Å²) in [5.41, 5.74) is 1.46. The molecule has 0 radical (unpaired) electrons. The van der Waals surface area contributed by atoms with Crippen molar-refractivity contribution in [2.24, 2.45) is 11.3 Å². The summed E-state index contributed by atoms with van der Waals surface area (Å²) >= 11 is 0. The van der Waals surface area contributed by atoms with Crippen molar-refractivity contribution in [3.63, 3.8) is 0 Å². The molecular weight excluding hydrogens is 216 g/mol. The van der Waals surface area contributed by atoms with Gasteiger partial charge in [-0.15, -0.1) is 0 Å². The van der Waals surface area contributed by atoms with Crippen LogP contribution in [0.4, 0.5) is 5.82 Å². The normalized spacial score (nSPS) is 21.0. The summed E-state index contributed by atoms with van der Waals surface area (Å²) in [5.74, 6) is 0.168. The second kappa shape index (κ2) is 4.02.